The van der Waals surface area contributed by atoms with Gasteiger partial charge in [-0.3, -0.25) is 14.4 Å². The molecule has 0 saturated carbocycles. The summed E-state index contributed by atoms with van der Waals surface area (Å²) in [4.78, 5) is 45.6. The second-order valence-corrected chi connectivity index (χ2v) is 6.76. The second-order valence-electron chi connectivity index (χ2n) is 6.76. The fourth-order valence-electron chi connectivity index (χ4n) is 4.01. The third kappa shape index (κ3) is 2.48. The predicted molar refractivity (Wildman–Crippen MR) is 86.3 cm³/mol. The molecule has 0 aromatic carbocycles. The summed E-state index contributed by atoms with van der Waals surface area (Å²) in [6, 6.07) is 1.65. The van der Waals surface area contributed by atoms with Crippen molar-refractivity contribution < 1.29 is 14.4 Å². The first-order valence-corrected chi connectivity index (χ1v) is 8.73. The molecular weight excluding hydrogens is 308 g/mol. The van der Waals surface area contributed by atoms with Crippen molar-refractivity contribution in [3.05, 3.63) is 23.5 Å². The summed E-state index contributed by atoms with van der Waals surface area (Å²) in [5.41, 5.74) is 0.968. The van der Waals surface area contributed by atoms with Crippen LogP contribution in [-0.2, 0) is 4.79 Å². The first-order valence-electron chi connectivity index (χ1n) is 8.73. The summed E-state index contributed by atoms with van der Waals surface area (Å²) < 4.78 is 0. The highest BCUT2D eigenvalue weighted by atomic mass is 16.2. The number of carbonyl (C=O) groups excluding carboxylic acids is 3. The molecule has 1 atom stereocenters. The average Bonchev–Trinajstić information content (AvgIpc) is 3.34. The highest BCUT2D eigenvalue weighted by molar-refractivity contribution is 5.99. The van der Waals surface area contributed by atoms with E-state index in [1.165, 1.54) is 0 Å². The molecule has 0 aliphatic carbocycles. The van der Waals surface area contributed by atoms with E-state index in [4.69, 9.17) is 0 Å². The van der Waals surface area contributed by atoms with E-state index in [1.807, 2.05) is 9.80 Å². The van der Waals surface area contributed by atoms with Crippen LogP contribution in [0.3, 0.4) is 0 Å². The number of H-pyrrole nitrogens is 1. The number of hydrogen-bond acceptors (Lipinski definition) is 3. The maximum atomic E-state index is 12.8. The van der Waals surface area contributed by atoms with Crippen LogP contribution >= 0.6 is 0 Å². The minimum Gasteiger partial charge on any atom is -0.356 e. The van der Waals surface area contributed by atoms with E-state index in [0.29, 0.717) is 24.2 Å². The minimum absolute atomic E-state index is 0.0390. The number of amides is 3. The molecule has 3 saturated heterocycles. The molecule has 128 valence electrons. The SMILES string of the molecule is O=C(c1cc(C(=O)N2CCC(=O)N3CCCC32)c[nH]1)N1CCCC1. The Bertz CT molecular complexity index is 677. The molecule has 4 rings (SSSR count). The smallest absolute Gasteiger partial charge is 0.270 e. The second kappa shape index (κ2) is 5.96. The highest BCUT2D eigenvalue weighted by Crippen LogP contribution is 2.27. The van der Waals surface area contributed by atoms with Crippen molar-refractivity contribution in [1.29, 1.82) is 0 Å². The van der Waals surface area contributed by atoms with Gasteiger partial charge in [0.25, 0.3) is 11.8 Å². The standard InChI is InChI=1S/C17H22N4O3/c22-15-5-9-21(14-4-3-8-20(14)15)16(23)12-10-13(18-11-12)17(24)19-6-1-2-7-19/h10-11,14,18H,1-9H2. The number of likely N-dealkylation sites (tertiary alicyclic amines) is 1. The van der Waals surface area contributed by atoms with Gasteiger partial charge in [-0.15, -0.1) is 0 Å². The largest absolute Gasteiger partial charge is 0.356 e. The molecule has 3 aliphatic heterocycles. The zero-order valence-corrected chi connectivity index (χ0v) is 13.7. The predicted octanol–water partition coefficient (Wildman–Crippen LogP) is 1.05. The molecule has 1 N–H and O–H groups in total. The van der Waals surface area contributed by atoms with Gasteiger partial charge in [-0.05, 0) is 31.7 Å². The molecule has 3 aliphatic rings. The van der Waals surface area contributed by atoms with Gasteiger partial charge in [0.2, 0.25) is 5.91 Å². The molecule has 3 amide bonds. The Hall–Kier alpha value is -2.31. The van der Waals surface area contributed by atoms with E-state index in [0.717, 1.165) is 45.3 Å². The number of carbonyl (C=O) groups is 3. The molecule has 7 nitrogen and oxygen atoms in total. The third-order valence-corrected chi connectivity index (χ3v) is 5.28. The van der Waals surface area contributed by atoms with Crippen molar-refractivity contribution >= 4 is 17.7 Å². The van der Waals surface area contributed by atoms with Crippen molar-refractivity contribution in [3.63, 3.8) is 0 Å². The Morgan fingerprint density at radius 1 is 1.04 bits per heavy atom. The van der Waals surface area contributed by atoms with Crippen LogP contribution in [0.4, 0.5) is 0 Å². The van der Waals surface area contributed by atoms with Crippen LogP contribution in [0.2, 0.25) is 0 Å². The van der Waals surface area contributed by atoms with Crippen LogP contribution in [0.1, 0.15) is 53.0 Å². The van der Waals surface area contributed by atoms with E-state index in [2.05, 4.69) is 4.98 Å². The molecule has 24 heavy (non-hydrogen) atoms. The first-order chi connectivity index (χ1) is 11.6. The van der Waals surface area contributed by atoms with Crippen molar-refractivity contribution in [2.45, 2.75) is 38.3 Å². The van der Waals surface area contributed by atoms with Crippen molar-refractivity contribution in [1.82, 2.24) is 19.7 Å². The molecule has 7 heteroatoms. The minimum atomic E-state index is -0.119. The van der Waals surface area contributed by atoms with Crippen LogP contribution in [0.25, 0.3) is 0 Å². The van der Waals surface area contributed by atoms with Gasteiger partial charge < -0.3 is 19.7 Å². The lowest BCUT2D eigenvalue weighted by atomic mass is 10.1. The number of aromatic nitrogens is 1. The molecular formula is C17H22N4O3. The van der Waals surface area contributed by atoms with E-state index in [-0.39, 0.29) is 23.9 Å². The van der Waals surface area contributed by atoms with Gasteiger partial charge in [-0.25, -0.2) is 0 Å². The van der Waals surface area contributed by atoms with Gasteiger partial charge in [0.05, 0.1) is 5.56 Å². The number of hydrogen-bond donors (Lipinski definition) is 1. The number of fused-ring (bicyclic) bond motifs is 1. The summed E-state index contributed by atoms with van der Waals surface area (Å²) in [5.74, 6) is -0.000458. The lowest BCUT2D eigenvalue weighted by Crippen LogP contribution is -2.55. The Kier molecular flexibility index (Phi) is 3.78. The quantitative estimate of drug-likeness (QED) is 0.880. The summed E-state index contributed by atoms with van der Waals surface area (Å²) in [5, 5.41) is 0. The average molecular weight is 330 g/mol. The zero-order chi connectivity index (χ0) is 16.7. The first kappa shape index (κ1) is 15.2. The maximum Gasteiger partial charge on any atom is 0.270 e. The monoisotopic (exact) mass is 330 g/mol. The van der Waals surface area contributed by atoms with Crippen LogP contribution < -0.4 is 0 Å². The van der Waals surface area contributed by atoms with Gasteiger partial charge in [-0.1, -0.05) is 0 Å². The Labute approximate surface area is 140 Å². The molecule has 1 unspecified atom stereocenters. The fraction of sp³-hybridized carbons (Fsp3) is 0.588. The van der Waals surface area contributed by atoms with E-state index < -0.39 is 0 Å². The van der Waals surface area contributed by atoms with Gasteiger partial charge in [0.15, 0.2) is 0 Å². The summed E-state index contributed by atoms with van der Waals surface area (Å²) in [6.45, 7) is 2.76. The van der Waals surface area contributed by atoms with Crippen LogP contribution in [-0.4, -0.2) is 69.8 Å². The van der Waals surface area contributed by atoms with E-state index in [9.17, 15) is 14.4 Å². The molecule has 3 fully saturated rings. The lowest BCUT2D eigenvalue weighted by Gasteiger charge is -2.39. The normalized spacial score (nSPS) is 23.8. The molecule has 0 radical (unpaired) electrons. The van der Waals surface area contributed by atoms with Gasteiger partial charge in [0.1, 0.15) is 11.9 Å². The molecule has 4 heterocycles. The number of nitrogens with zero attached hydrogens (tertiary/aromatic N) is 3. The summed E-state index contributed by atoms with van der Waals surface area (Å²) in [7, 11) is 0. The molecule has 0 bridgehead atoms. The molecule has 0 spiro atoms. The van der Waals surface area contributed by atoms with Crippen molar-refractivity contribution in [2.75, 3.05) is 26.2 Å². The number of rotatable bonds is 2. The van der Waals surface area contributed by atoms with Gasteiger partial charge in [0, 0.05) is 38.8 Å². The van der Waals surface area contributed by atoms with Crippen LogP contribution in [0, 0.1) is 0 Å². The highest BCUT2D eigenvalue weighted by Gasteiger charge is 2.39. The molecule has 1 aromatic rings. The number of aromatic amines is 1. The van der Waals surface area contributed by atoms with Gasteiger partial charge in [-0.2, -0.15) is 0 Å². The van der Waals surface area contributed by atoms with E-state index in [1.54, 1.807) is 17.2 Å². The molecule has 1 aromatic heterocycles. The Morgan fingerprint density at radius 3 is 2.62 bits per heavy atom. The Balaban J connectivity index is 1.50. The van der Waals surface area contributed by atoms with Crippen molar-refractivity contribution in [2.24, 2.45) is 0 Å². The zero-order valence-electron chi connectivity index (χ0n) is 13.7. The van der Waals surface area contributed by atoms with Crippen LogP contribution in [0.15, 0.2) is 12.3 Å². The lowest BCUT2D eigenvalue weighted by molar-refractivity contribution is -0.139. The number of nitrogens with one attached hydrogen (secondary N) is 1. The van der Waals surface area contributed by atoms with Crippen LogP contribution in [0.5, 0.6) is 0 Å². The fourth-order valence-corrected chi connectivity index (χ4v) is 4.01. The topological polar surface area (TPSA) is 76.7 Å². The summed E-state index contributed by atoms with van der Waals surface area (Å²) in [6.07, 6.45) is 5.72. The van der Waals surface area contributed by atoms with E-state index >= 15 is 0 Å². The van der Waals surface area contributed by atoms with Crippen molar-refractivity contribution in [3.8, 4) is 0 Å². The maximum absolute atomic E-state index is 12.8. The summed E-state index contributed by atoms with van der Waals surface area (Å²) >= 11 is 0. The van der Waals surface area contributed by atoms with Gasteiger partial charge >= 0.3 is 0 Å². The Morgan fingerprint density at radius 2 is 1.83 bits per heavy atom. The third-order valence-electron chi connectivity index (χ3n) is 5.28.